The van der Waals surface area contributed by atoms with Crippen LogP contribution in [-0.2, 0) is 0 Å². The van der Waals surface area contributed by atoms with Crippen LogP contribution in [0.4, 0.5) is 5.13 Å². The van der Waals surface area contributed by atoms with Crippen molar-refractivity contribution in [1.29, 1.82) is 0 Å². The van der Waals surface area contributed by atoms with Crippen LogP contribution in [0.3, 0.4) is 0 Å². The summed E-state index contributed by atoms with van der Waals surface area (Å²) in [7, 11) is 3.83. The molecule has 0 N–H and O–H groups in total. The standard InChI is InChI=1S/C11H10ClN3OS2/c1-15(2)10-13-14-11(18-10)17-9-4-3-7(6-16)5-8(9)12/h3-6H,1-2H3. The van der Waals surface area contributed by atoms with Crippen molar-refractivity contribution in [2.75, 3.05) is 19.0 Å². The molecule has 0 saturated carbocycles. The third kappa shape index (κ3) is 3.01. The van der Waals surface area contributed by atoms with Gasteiger partial charge in [0.05, 0.1) is 5.02 Å². The fourth-order valence-corrected chi connectivity index (χ4v) is 3.22. The van der Waals surface area contributed by atoms with E-state index < -0.39 is 0 Å². The first-order chi connectivity index (χ1) is 8.60. The Bertz CT molecular complexity index is 571. The first-order valence-corrected chi connectivity index (χ1v) is 7.04. The van der Waals surface area contributed by atoms with Crippen LogP contribution < -0.4 is 4.90 Å². The summed E-state index contributed by atoms with van der Waals surface area (Å²) < 4.78 is 0.819. The maximum Gasteiger partial charge on any atom is 0.208 e. The van der Waals surface area contributed by atoms with Crippen molar-refractivity contribution in [3.05, 3.63) is 28.8 Å². The number of rotatable bonds is 4. The summed E-state index contributed by atoms with van der Waals surface area (Å²) >= 11 is 9.03. The molecule has 4 nitrogen and oxygen atoms in total. The van der Waals surface area contributed by atoms with Gasteiger partial charge in [0.2, 0.25) is 5.13 Å². The minimum Gasteiger partial charge on any atom is -0.353 e. The summed E-state index contributed by atoms with van der Waals surface area (Å²) in [5, 5.41) is 9.52. The monoisotopic (exact) mass is 299 g/mol. The van der Waals surface area contributed by atoms with E-state index in [9.17, 15) is 4.79 Å². The Labute approximate surface area is 118 Å². The van der Waals surface area contributed by atoms with Crippen molar-refractivity contribution in [3.63, 3.8) is 0 Å². The van der Waals surface area contributed by atoms with Crippen LogP contribution in [0.1, 0.15) is 10.4 Å². The van der Waals surface area contributed by atoms with Crippen molar-refractivity contribution in [1.82, 2.24) is 10.2 Å². The van der Waals surface area contributed by atoms with Gasteiger partial charge in [-0.05, 0) is 12.1 Å². The van der Waals surface area contributed by atoms with Crippen molar-refractivity contribution in [3.8, 4) is 0 Å². The maximum atomic E-state index is 10.6. The zero-order valence-electron chi connectivity index (χ0n) is 9.75. The second kappa shape index (κ2) is 5.69. The van der Waals surface area contributed by atoms with Crippen LogP contribution in [0.15, 0.2) is 27.4 Å². The molecule has 0 atom stereocenters. The number of aldehydes is 1. The molecule has 1 aromatic carbocycles. The van der Waals surface area contributed by atoms with Gasteiger partial charge in [-0.2, -0.15) is 0 Å². The molecule has 1 heterocycles. The molecule has 94 valence electrons. The van der Waals surface area contributed by atoms with Gasteiger partial charge in [-0.15, -0.1) is 10.2 Å². The molecule has 0 amide bonds. The van der Waals surface area contributed by atoms with Crippen molar-refractivity contribution >= 4 is 46.1 Å². The topological polar surface area (TPSA) is 46.1 Å². The van der Waals surface area contributed by atoms with Gasteiger partial charge in [-0.25, -0.2) is 0 Å². The molecule has 0 aliphatic carbocycles. The third-order valence-corrected chi connectivity index (χ3v) is 4.71. The molecule has 7 heteroatoms. The molecule has 0 fully saturated rings. The summed E-state index contributed by atoms with van der Waals surface area (Å²) in [6.07, 6.45) is 0.773. The average molecular weight is 300 g/mol. The Balaban J connectivity index is 2.20. The molecule has 0 aliphatic rings. The Morgan fingerprint density at radius 2 is 2.17 bits per heavy atom. The van der Waals surface area contributed by atoms with Gasteiger partial charge in [-0.3, -0.25) is 4.79 Å². The van der Waals surface area contributed by atoms with Crippen LogP contribution >= 0.6 is 34.7 Å². The summed E-state index contributed by atoms with van der Waals surface area (Å²) in [5.41, 5.74) is 0.565. The van der Waals surface area contributed by atoms with E-state index in [4.69, 9.17) is 11.6 Å². The minimum atomic E-state index is 0.547. The predicted molar refractivity (Wildman–Crippen MR) is 75.2 cm³/mol. The Hall–Kier alpha value is -1.11. The third-order valence-electron chi connectivity index (χ3n) is 2.07. The summed E-state index contributed by atoms with van der Waals surface area (Å²) in [6, 6.07) is 5.19. The first-order valence-electron chi connectivity index (χ1n) is 5.03. The second-order valence-corrected chi connectivity index (χ2v) is 6.31. The van der Waals surface area contributed by atoms with Gasteiger partial charge >= 0.3 is 0 Å². The predicted octanol–water partition coefficient (Wildman–Crippen LogP) is 3.22. The van der Waals surface area contributed by atoms with E-state index in [1.54, 1.807) is 12.1 Å². The highest BCUT2D eigenvalue weighted by Gasteiger charge is 2.10. The lowest BCUT2D eigenvalue weighted by Crippen LogP contribution is -2.07. The van der Waals surface area contributed by atoms with Gasteiger partial charge in [0.25, 0.3) is 0 Å². The number of halogens is 1. The van der Waals surface area contributed by atoms with Crippen LogP contribution in [0, 0.1) is 0 Å². The average Bonchev–Trinajstić information content (AvgIpc) is 2.80. The quantitative estimate of drug-likeness (QED) is 0.811. The van der Waals surface area contributed by atoms with Crippen molar-refractivity contribution < 1.29 is 4.79 Å². The highest BCUT2D eigenvalue weighted by molar-refractivity contribution is 8.01. The van der Waals surface area contributed by atoms with E-state index in [1.165, 1.54) is 23.1 Å². The SMILES string of the molecule is CN(C)c1nnc(Sc2ccc(C=O)cc2Cl)s1. The summed E-state index contributed by atoms with van der Waals surface area (Å²) in [6.45, 7) is 0. The normalized spacial score (nSPS) is 10.4. The number of carbonyl (C=O) groups is 1. The van der Waals surface area contributed by atoms with Gasteiger partial charge in [-0.1, -0.05) is 40.8 Å². The van der Waals surface area contributed by atoms with E-state index in [-0.39, 0.29) is 0 Å². The van der Waals surface area contributed by atoms with Gasteiger partial charge in [0.15, 0.2) is 4.34 Å². The lowest BCUT2D eigenvalue weighted by Gasteiger charge is -2.04. The highest BCUT2D eigenvalue weighted by Crippen LogP contribution is 2.36. The van der Waals surface area contributed by atoms with E-state index in [2.05, 4.69) is 10.2 Å². The lowest BCUT2D eigenvalue weighted by molar-refractivity contribution is 0.112. The van der Waals surface area contributed by atoms with E-state index in [0.717, 1.165) is 20.7 Å². The maximum absolute atomic E-state index is 10.6. The molecule has 2 rings (SSSR count). The second-order valence-electron chi connectivity index (χ2n) is 3.65. The molecular weight excluding hydrogens is 290 g/mol. The summed E-state index contributed by atoms with van der Waals surface area (Å²) in [4.78, 5) is 13.4. The molecule has 1 aromatic heterocycles. The molecule has 0 bridgehead atoms. The fourth-order valence-electron chi connectivity index (χ4n) is 1.19. The number of anilines is 1. The molecular formula is C11H10ClN3OS2. The number of benzene rings is 1. The number of aromatic nitrogens is 2. The number of hydrogen-bond donors (Lipinski definition) is 0. The van der Waals surface area contributed by atoms with Crippen LogP contribution in [-0.4, -0.2) is 30.6 Å². The van der Waals surface area contributed by atoms with Gasteiger partial charge in [0, 0.05) is 24.6 Å². The first kappa shape index (κ1) is 13.3. The van der Waals surface area contributed by atoms with E-state index in [1.807, 2.05) is 25.1 Å². The van der Waals surface area contributed by atoms with Gasteiger partial charge < -0.3 is 4.90 Å². The Morgan fingerprint density at radius 1 is 1.39 bits per heavy atom. The van der Waals surface area contributed by atoms with Gasteiger partial charge in [0.1, 0.15) is 6.29 Å². The molecule has 0 saturated heterocycles. The minimum absolute atomic E-state index is 0.547. The smallest absolute Gasteiger partial charge is 0.208 e. The van der Waals surface area contributed by atoms with Crippen molar-refractivity contribution in [2.45, 2.75) is 9.24 Å². The Kier molecular flexibility index (Phi) is 4.21. The molecule has 0 unspecified atom stereocenters. The number of carbonyl (C=O) groups excluding carboxylic acids is 1. The molecule has 0 radical (unpaired) electrons. The Morgan fingerprint density at radius 3 is 2.72 bits per heavy atom. The molecule has 2 aromatic rings. The zero-order valence-corrected chi connectivity index (χ0v) is 12.1. The highest BCUT2D eigenvalue weighted by atomic mass is 35.5. The largest absolute Gasteiger partial charge is 0.353 e. The molecule has 0 aliphatic heterocycles. The molecule has 0 spiro atoms. The summed E-state index contributed by atoms with van der Waals surface area (Å²) in [5.74, 6) is 0. The van der Waals surface area contributed by atoms with Crippen LogP contribution in [0.5, 0.6) is 0 Å². The van der Waals surface area contributed by atoms with E-state index >= 15 is 0 Å². The van der Waals surface area contributed by atoms with E-state index in [0.29, 0.717) is 10.6 Å². The number of nitrogens with zero attached hydrogens (tertiary/aromatic N) is 3. The van der Waals surface area contributed by atoms with Crippen LogP contribution in [0.25, 0.3) is 0 Å². The van der Waals surface area contributed by atoms with Crippen LogP contribution in [0.2, 0.25) is 5.02 Å². The van der Waals surface area contributed by atoms with Crippen molar-refractivity contribution in [2.24, 2.45) is 0 Å². The lowest BCUT2D eigenvalue weighted by atomic mass is 10.2. The number of hydrogen-bond acceptors (Lipinski definition) is 6. The zero-order chi connectivity index (χ0) is 13.1. The fraction of sp³-hybridized carbons (Fsp3) is 0.182. The molecule has 18 heavy (non-hydrogen) atoms.